The molecule has 0 bridgehead atoms. The van der Waals surface area contributed by atoms with Gasteiger partial charge in [0.15, 0.2) is 11.5 Å². The van der Waals surface area contributed by atoms with Gasteiger partial charge in [-0.1, -0.05) is 29.8 Å². The molecule has 1 aliphatic rings. The van der Waals surface area contributed by atoms with Crippen LogP contribution in [0.3, 0.4) is 0 Å². The van der Waals surface area contributed by atoms with Crippen LogP contribution in [0.15, 0.2) is 42.5 Å². The zero-order chi connectivity index (χ0) is 17.6. The van der Waals surface area contributed by atoms with Gasteiger partial charge in [0.05, 0.1) is 19.8 Å². The lowest BCUT2D eigenvalue weighted by molar-refractivity contribution is -0.115. The van der Waals surface area contributed by atoms with Gasteiger partial charge in [0.1, 0.15) is 0 Å². The summed E-state index contributed by atoms with van der Waals surface area (Å²) >= 11 is 6.18. The van der Waals surface area contributed by atoms with Gasteiger partial charge in [0.2, 0.25) is 5.91 Å². The zero-order valence-corrected chi connectivity index (χ0v) is 14.8. The molecule has 0 aliphatic carbocycles. The molecule has 6 heteroatoms. The number of carbonyl (C=O) groups is 1. The van der Waals surface area contributed by atoms with Crippen LogP contribution in [0.25, 0.3) is 0 Å². The molecule has 132 valence electrons. The van der Waals surface area contributed by atoms with Crippen molar-refractivity contribution in [1.29, 1.82) is 0 Å². The highest BCUT2D eigenvalue weighted by Gasteiger charge is 2.13. The maximum absolute atomic E-state index is 12.2. The maximum atomic E-state index is 12.2. The van der Waals surface area contributed by atoms with Crippen LogP contribution in [0.1, 0.15) is 24.9 Å². The predicted molar refractivity (Wildman–Crippen MR) is 98.5 cm³/mol. The van der Waals surface area contributed by atoms with Crippen LogP contribution < -0.4 is 20.1 Å². The molecule has 1 heterocycles. The molecule has 0 saturated heterocycles. The van der Waals surface area contributed by atoms with E-state index >= 15 is 0 Å². The Kier molecular flexibility index (Phi) is 5.79. The molecule has 2 aromatic rings. The van der Waals surface area contributed by atoms with Crippen molar-refractivity contribution in [2.75, 3.05) is 25.1 Å². The summed E-state index contributed by atoms with van der Waals surface area (Å²) in [4.78, 5) is 12.2. The van der Waals surface area contributed by atoms with E-state index in [1.165, 1.54) is 0 Å². The molecule has 1 unspecified atom stereocenters. The first-order valence-corrected chi connectivity index (χ1v) is 8.68. The van der Waals surface area contributed by atoms with Crippen molar-refractivity contribution >= 4 is 23.2 Å². The van der Waals surface area contributed by atoms with E-state index in [4.69, 9.17) is 21.1 Å². The van der Waals surface area contributed by atoms with E-state index < -0.39 is 0 Å². The topological polar surface area (TPSA) is 59.6 Å². The second-order valence-corrected chi connectivity index (χ2v) is 6.29. The quantitative estimate of drug-likeness (QED) is 0.851. The van der Waals surface area contributed by atoms with Gasteiger partial charge >= 0.3 is 0 Å². The van der Waals surface area contributed by atoms with Gasteiger partial charge in [0.25, 0.3) is 0 Å². The summed E-state index contributed by atoms with van der Waals surface area (Å²) in [5.41, 5.74) is 1.65. The first-order valence-electron chi connectivity index (χ1n) is 8.31. The highest BCUT2D eigenvalue weighted by molar-refractivity contribution is 6.31. The number of fused-ring (bicyclic) bond motifs is 1. The summed E-state index contributed by atoms with van der Waals surface area (Å²) < 4.78 is 11.2. The van der Waals surface area contributed by atoms with Gasteiger partial charge in [-0.25, -0.2) is 0 Å². The second-order valence-electron chi connectivity index (χ2n) is 5.88. The molecule has 0 fully saturated rings. The Hall–Kier alpha value is -2.24. The van der Waals surface area contributed by atoms with Crippen molar-refractivity contribution in [2.45, 2.75) is 19.4 Å². The highest BCUT2D eigenvalue weighted by atomic mass is 35.5. The number of halogens is 1. The van der Waals surface area contributed by atoms with E-state index in [1.54, 1.807) is 6.07 Å². The molecule has 0 radical (unpaired) electrons. The van der Waals surface area contributed by atoms with Crippen LogP contribution in [-0.2, 0) is 4.79 Å². The monoisotopic (exact) mass is 360 g/mol. The molecule has 3 rings (SSSR count). The fourth-order valence-corrected chi connectivity index (χ4v) is 2.93. The average Bonchev–Trinajstić information content (AvgIpc) is 2.85. The SMILES string of the molecule is CC(NCC(=O)Nc1ccc2c(c1)OCCCO2)c1ccccc1Cl. The third kappa shape index (κ3) is 4.65. The molecule has 1 aliphatic heterocycles. The van der Waals surface area contributed by atoms with Gasteiger partial charge in [-0.15, -0.1) is 0 Å². The Balaban J connectivity index is 1.56. The molecule has 1 amide bonds. The molecule has 25 heavy (non-hydrogen) atoms. The van der Waals surface area contributed by atoms with Crippen LogP contribution in [0.4, 0.5) is 5.69 Å². The second kappa shape index (κ2) is 8.23. The van der Waals surface area contributed by atoms with Crippen LogP contribution in [0.2, 0.25) is 5.02 Å². The minimum Gasteiger partial charge on any atom is -0.490 e. The Bertz CT molecular complexity index is 751. The summed E-state index contributed by atoms with van der Waals surface area (Å²) in [5, 5.41) is 6.73. The smallest absolute Gasteiger partial charge is 0.238 e. The van der Waals surface area contributed by atoms with E-state index in [0.717, 1.165) is 12.0 Å². The molecule has 0 saturated carbocycles. The number of nitrogens with one attached hydrogen (secondary N) is 2. The van der Waals surface area contributed by atoms with E-state index in [9.17, 15) is 4.79 Å². The summed E-state index contributed by atoms with van der Waals surface area (Å²) in [6.07, 6.45) is 0.847. The lowest BCUT2D eigenvalue weighted by Crippen LogP contribution is -2.30. The van der Waals surface area contributed by atoms with E-state index in [2.05, 4.69) is 10.6 Å². The number of anilines is 1. The zero-order valence-electron chi connectivity index (χ0n) is 14.0. The van der Waals surface area contributed by atoms with Crippen molar-refractivity contribution in [3.05, 3.63) is 53.1 Å². The summed E-state index contributed by atoms with van der Waals surface area (Å²) in [7, 11) is 0. The minimum atomic E-state index is -0.131. The van der Waals surface area contributed by atoms with Gasteiger partial charge in [-0.3, -0.25) is 4.79 Å². The number of ether oxygens (including phenoxy) is 2. The van der Waals surface area contributed by atoms with Crippen LogP contribution in [-0.4, -0.2) is 25.7 Å². The minimum absolute atomic E-state index is 0.0248. The lowest BCUT2D eigenvalue weighted by Gasteiger charge is -2.16. The van der Waals surface area contributed by atoms with Crippen molar-refractivity contribution < 1.29 is 14.3 Å². The van der Waals surface area contributed by atoms with Gasteiger partial charge in [-0.05, 0) is 30.7 Å². The van der Waals surface area contributed by atoms with E-state index in [-0.39, 0.29) is 18.5 Å². The van der Waals surface area contributed by atoms with Gasteiger partial charge in [0, 0.05) is 29.2 Å². The molecule has 1 atom stereocenters. The van der Waals surface area contributed by atoms with Gasteiger partial charge < -0.3 is 20.1 Å². The fraction of sp³-hybridized carbons (Fsp3) is 0.316. The number of carbonyl (C=O) groups excluding carboxylic acids is 1. The molecular weight excluding hydrogens is 340 g/mol. The number of hydrogen-bond donors (Lipinski definition) is 2. The Morgan fingerprint density at radius 3 is 2.72 bits per heavy atom. The molecule has 2 aromatic carbocycles. The molecule has 0 spiro atoms. The number of hydrogen-bond acceptors (Lipinski definition) is 4. The largest absolute Gasteiger partial charge is 0.490 e. The Morgan fingerprint density at radius 2 is 1.92 bits per heavy atom. The first kappa shape index (κ1) is 17.6. The van der Waals surface area contributed by atoms with Crippen LogP contribution >= 0.6 is 11.6 Å². The van der Waals surface area contributed by atoms with Crippen molar-refractivity contribution in [3.63, 3.8) is 0 Å². The Morgan fingerprint density at radius 1 is 1.16 bits per heavy atom. The molecule has 2 N–H and O–H groups in total. The number of rotatable bonds is 5. The average molecular weight is 361 g/mol. The van der Waals surface area contributed by atoms with Gasteiger partial charge in [-0.2, -0.15) is 0 Å². The molecule has 0 aromatic heterocycles. The van der Waals surface area contributed by atoms with Crippen molar-refractivity contribution in [2.24, 2.45) is 0 Å². The van der Waals surface area contributed by atoms with Crippen molar-refractivity contribution in [1.82, 2.24) is 5.32 Å². The van der Waals surface area contributed by atoms with Crippen LogP contribution in [0.5, 0.6) is 11.5 Å². The standard InChI is InChI=1S/C19H21ClN2O3/c1-13(15-5-2-3-6-16(15)20)21-12-19(23)22-14-7-8-17-18(11-14)25-10-4-9-24-17/h2-3,5-8,11,13,21H,4,9-10,12H2,1H3,(H,22,23). The predicted octanol–water partition coefficient (Wildman–Crippen LogP) is 3.79. The number of benzene rings is 2. The maximum Gasteiger partial charge on any atom is 0.238 e. The molecule has 5 nitrogen and oxygen atoms in total. The fourth-order valence-electron chi connectivity index (χ4n) is 2.63. The van der Waals surface area contributed by atoms with E-state index in [1.807, 2.05) is 43.3 Å². The third-order valence-corrected chi connectivity index (χ3v) is 4.32. The summed E-state index contributed by atoms with van der Waals surface area (Å²) in [6, 6.07) is 13.0. The van der Waals surface area contributed by atoms with Crippen LogP contribution in [0, 0.1) is 0 Å². The third-order valence-electron chi connectivity index (χ3n) is 3.97. The normalized spacial score (nSPS) is 14.5. The van der Waals surface area contributed by atoms with E-state index in [0.29, 0.717) is 35.4 Å². The Labute approximate surface area is 152 Å². The molecular formula is C19H21ClN2O3. The highest BCUT2D eigenvalue weighted by Crippen LogP contribution is 2.32. The summed E-state index contributed by atoms with van der Waals surface area (Å²) in [5.74, 6) is 1.24. The summed E-state index contributed by atoms with van der Waals surface area (Å²) in [6.45, 7) is 3.41. The first-order chi connectivity index (χ1) is 12.1. The lowest BCUT2D eigenvalue weighted by atomic mass is 10.1. The van der Waals surface area contributed by atoms with Crippen molar-refractivity contribution in [3.8, 4) is 11.5 Å². The number of amides is 1.